The van der Waals surface area contributed by atoms with Crippen molar-refractivity contribution < 1.29 is 14.8 Å². The van der Waals surface area contributed by atoms with Crippen molar-refractivity contribution in [2.24, 2.45) is 0 Å². The van der Waals surface area contributed by atoms with Crippen LogP contribution >= 0.6 is 0 Å². The Balaban J connectivity index is 1.48. The molecule has 33 heavy (non-hydrogen) atoms. The number of amides is 2. The topological polar surface area (TPSA) is 85.8 Å². The lowest BCUT2D eigenvalue weighted by Crippen LogP contribution is -2.58. The zero-order chi connectivity index (χ0) is 23.4. The Labute approximate surface area is 193 Å². The number of nitrogens with one attached hydrogen (secondary N) is 1. The van der Waals surface area contributed by atoms with Crippen LogP contribution in [-0.2, 0) is 6.54 Å². The molecule has 4 rings (SSSR count). The zero-order valence-electron chi connectivity index (χ0n) is 18.8. The highest BCUT2D eigenvalue weighted by Crippen LogP contribution is 2.27. The van der Waals surface area contributed by atoms with Gasteiger partial charge in [0.05, 0.1) is 0 Å². The van der Waals surface area contributed by atoms with Gasteiger partial charge < -0.3 is 4.90 Å². The molecular weight excluding hydrogens is 416 g/mol. The number of benzene rings is 2. The lowest BCUT2D eigenvalue weighted by atomic mass is 9.97. The molecule has 2 amide bonds. The van der Waals surface area contributed by atoms with Crippen molar-refractivity contribution >= 4 is 11.8 Å². The molecule has 0 unspecified atom stereocenters. The summed E-state index contributed by atoms with van der Waals surface area (Å²) in [5.74, 6) is -0.482. The number of rotatable bonds is 5. The standard InChI is InChI=1S/C26H28N4O3/c1-18-15-29(17-20-7-9-22(10-8-20)25(31)28-33)16-19(2)30(18)26(32)24-6-4-3-5-23(24)21-11-13-27-14-12-21/h3-14,18-19,33H,15-17H2,1-2H3,(H,28,31)/t18-,19+. The second-order valence-electron chi connectivity index (χ2n) is 8.52. The number of carbonyl (C=O) groups excluding carboxylic acids is 2. The van der Waals surface area contributed by atoms with E-state index in [4.69, 9.17) is 5.21 Å². The van der Waals surface area contributed by atoms with Crippen LogP contribution in [0.15, 0.2) is 73.1 Å². The van der Waals surface area contributed by atoms with Crippen LogP contribution in [0.2, 0.25) is 0 Å². The Morgan fingerprint density at radius 1 is 0.970 bits per heavy atom. The molecule has 2 aromatic carbocycles. The van der Waals surface area contributed by atoms with Gasteiger partial charge in [-0.25, -0.2) is 5.48 Å². The minimum absolute atomic E-state index is 0.0430. The van der Waals surface area contributed by atoms with Crippen LogP contribution in [0.4, 0.5) is 0 Å². The van der Waals surface area contributed by atoms with E-state index in [1.54, 1.807) is 30.0 Å². The summed E-state index contributed by atoms with van der Waals surface area (Å²) in [5.41, 5.74) is 5.73. The Morgan fingerprint density at radius 2 is 1.61 bits per heavy atom. The quantitative estimate of drug-likeness (QED) is 0.464. The number of piperazine rings is 1. The van der Waals surface area contributed by atoms with E-state index in [9.17, 15) is 9.59 Å². The van der Waals surface area contributed by atoms with Gasteiger partial charge in [-0.05, 0) is 60.9 Å². The molecule has 2 heterocycles. The van der Waals surface area contributed by atoms with Gasteiger partial charge in [-0.1, -0.05) is 30.3 Å². The van der Waals surface area contributed by atoms with Crippen LogP contribution in [0.25, 0.3) is 11.1 Å². The molecule has 2 N–H and O–H groups in total. The summed E-state index contributed by atoms with van der Waals surface area (Å²) in [6, 6.07) is 18.9. The molecule has 3 aromatic rings. The van der Waals surface area contributed by atoms with E-state index >= 15 is 0 Å². The van der Waals surface area contributed by atoms with Gasteiger partial charge in [0.1, 0.15) is 0 Å². The fraction of sp³-hybridized carbons (Fsp3) is 0.269. The Kier molecular flexibility index (Phi) is 6.82. The molecule has 0 saturated carbocycles. The molecule has 1 fully saturated rings. The van der Waals surface area contributed by atoms with E-state index in [2.05, 4.69) is 23.7 Å². The molecule has 7 nitrogen and oxygen atoms in total. The first-order valence-corrected chi connectivity index (χ1v) is 11.1. The lowest BCUT2D eigenvalue weighted by molar-refractivity contribution is 0.0269. The number of hydrogen-bond donors (Lipinski definition) is 2. The molecule has 1 saturated heterocycles. The molecule has 7 heteroatoms. The van der Waals surface area contributed by atoms with Crippen molar-refractivity contribution in [1.82, 2.24) is 20.3 Å². The van der Waals surface area contributed by atoms with Gasteiger partial charge in [0.2, 0.25) is 0 Å². The van der Waals surface area contributed by atoms with Crippen molar-refractivity contribution in [3.63, 3.8) is 0 Å². The maximum absolute atomic E-state index is 13.6. The normalized spacial score (nSPS) is 18.7. The summed E-state index contributed by atoms with van der Waals surface area (Å²) < 4.78 is 0. The van der Waals surface area contributed by atoms with E-state index in [-0.39, 0.29) is 18.0 Å². The summed E-state index contributed by atoms with van der Waals surface area (Å²) in [7, 11) is 0. The second-order valence-corrected chi connectivity index (χ2v) is 8.52. The van der Waals surface area contributed by atoms with Crippen LogP contribution in [0, 0.1) is 0 Å². The molecule has 170 valence electrons. The van der Waals surface area contributed by atoms with E-state index in [1.807, 2.05) is 53.4 Å². The number of nitrogens with zero attached hydrogens (tertiary/aromatic N) is 3. The van der Waals surface area contributed by atoms with Gasteiger partial charge in [-0.3, -0.25) is 24.7 Å². The monoisotopic (exact) mass is 444 g/mol. The number of hydroxylamine groups is 1. The molecule has 0 spiro atoms. The highest BCUT2D eigenvalue weighted by molar-refractivity contribution is 6.01. The second kappa shape index (κ2) is 9.94. The fourth-order valence-corrected chi connectivity index (χ4v) is 4.64. The van der Waals surface area contributed by atoms with Crippen molar-refractivity contribution in [2.45, 2.75) is 32.5 Å². The van der Waals surface area contributed by atoms with Gasteiger partial charge in [0, 0.05) is 55.2 Å². The third-order valence-corrected chi connectivity index (χ3v) is 6.10. The van der Waals surface area contributed by atoms with Gasteiger partial charge in [-0.2, -0.15) is 0 Å². The largest absolute Gasteiger partial charge is 0.331 e. The van der Waals surface area contributed by atoms with Crippen LogP contribution in [0.5, 0.6) is 0 Å². The SMILES string of the molecule is C[C@@H]1CN(Cc2ccc(C(=O)NO)cc2)C[C@H](C)N1C(=O)c1ccccc1-c1ccncc1. The van der Waals surface area contributed by atoms with Crippen molar-refractivity contribution in [3.05, 3.63) is 89.7 Å². The predicted octanol–water partition coefficient (Wildman–Crippen LogP) is 3.60. The Hall–Kier alpha value is -3.55. The van der Waals surface area contributed by atoms with Crippen LogP contribution in [-0.4, -0.2) is 57.0 Å². The first kappa shape index (κ1) is 22.6. The van der Waals surface area contributed by atoms with Gasteiger partial charge in [0.15, 0.2) is 0 Å². The van der Waals surface area contributed by atoms with Gasteiger partial charge in [0.25, 0.3) is 11.8 Å². The maximum atomic E-state index is 13.6. The first-order chi connectivity index (χ1) is 16.0. The van der Waals surface area contributed by atoms with Gasteiger partial charge in [-0.15, -0.1) is 0 Å². The third kappa shape index (κ3) is 4.94. The van der Waals surface area contributed by atoms with E-state index < -0.39 is 5.91 Å². The minimum Gasteiger partial charge on any atom is -0.331 e. The molecule has 1 aromatic heterocycles. The average Bonchev–Trinajstić information content (AvgIpc) is 2.84. The fourth-order valence-electron chi connectivity index (χ4n) is 4.64. The maximum Gasteiger partial charge on any atom is 0.274 e. The highest BCUT2D eigenvalue weighted by Gasteiger charge is 2.34. The summed E-state index contributed by atoms with van der Waals surface area (Å²) in [5, 5.41) is 8.77. The average molecular weight is 445 g/mol. The molecular formula is C26H28N4O3. The van der Waals surface area contributed by atoms with Crippen LogP contribution in [0.1, 0.15) is 40.1 Å². The van der Waals surface area contributed by atoms with Crippen molar-refractivity contribution in [3.8, 4) is 11.1 Å². The minimum atomic E-state index is -0.525. The number of aromatic nitrogens is 1. The Morgan fingerprint density at radius 3 is 2.24 bits per heavy atom. The number of carbonyl (C=O) groups is 2. The van der Waals surface area contributed by atoms with Crippen LogP contribution in [0.3, 0.4) is 0 Å². The smallest absolute Gasteiger partial charge is 0.274 e. The molecule has 0 radical (unpaired) electrons. The number of hydrogen-bond acceptors (Lipinski definition) is 5. The Bertz CT molecular complexity index is 1110. The summed E-state index contributed by atoms with van der Waals surface area (Å²) in [4.78, 5) is 33.6. The lowest BCUT2D eigenvalue weighted by Gasteiger charge is -2.44. The van der Waals surface area contributed by atoms with Gasteiger partial charge >= 0.3 is 0 Å². The first-order valence-electron chi connectivity index (χ1n) is 11.1. The molecule has 1 aliphatic heterocycles. The van der Waals surface area contributed by atoms with E-state index in [1.165, 1.54) is 0 Å². The molecule has 0 aliphatic carbocycles. The van der Waals surface area contributed by atoms with Crippen molar-refractivity contribution in [2.75, 3.05) is 13.1 Å². The molecule has 1 aliphatic rings. The highest BCUT2D eigenvalue weighted by atomic mass is 16.5. The van der Waals surface area contributed by atoms with E-state index in [0.29, 0.717) is 11.1 Å². The summed E-state index contributed by atoms with van der Waals surface area (Å²) in [6.45, 7) is 6.42. The number of pyridine rings is 1. The molecule has 2 atom stereocenters. The predicted molar refractivity (Wildman–Crippen MR) is 126 cm³/mol. The summed E-state index contributed by atoms with van der Waals surface area (Å²) >= 11 is 0. The van der Waals surface area contributed by atoms with E-state index in [0.717, 1.165) is 36.3 Å². The van der Waals surface area contributed by atoms with Crippen molar-refractivity contribution in [1.29, 1.82) is 0 Å². The molecule has 0 bridgehead atoms. The zero-order valence-corrected chi connectivity index (χ0v) is 18.8. The summed E-state index contributed by atoms with van der Waals surface area (Å²) in [6.07, 6.45) is 3.48. The van der Waals surface area contributed by atoms with Crippen LogP contribution < -0.4 is 5.48 Å². The third-order valence-electron chi connectivity index (χ3n) is 6.10.